The van der Waals surface area contributed by atoms with Crippen LogP contribution in [0.1, 0.15) is 23.7 Å². The van der Waals surface area contributed by atoms with E-state index in [2.05, 4.69) is 9.88 Å². The zero-order valence-electron chi connectivity index (χ0n) is 14.9. The van der Waals surface area contributed by atoms with Crippen LogP contribution in [0.15, 0.2) is 54.7 Å². The molecule has 0 amide bonds. The number of hydrogen-bond acceptors (Lipinski definition) is 3. The number of ketones is 1. The summed E-state index contributed by atoms with van der Waals surface area (Å²) in [7, 11) is 0. The van der Waals surface area contributed by atoms with Crippen LogP contribution in [0.25, 0.3) is 10.9 Å². The number of fused-ring (bicyclic) bond motifs is 1. The van der Waals surface area contributed by atoms with Crippen LogP contribution >= 0.6 is 11.6 Å². The number of Topliss-reactive ketones (excluding diaryl/α,β-unsaturated/α-hetero) is 1. The minimum atomic E-state index is 0.0622. The van der Waals surface area contributed by atoms with Crippen molar-refractivity contribution in [3.63, 3.8) is 0 Å². The first-order valence-corrected chi connectivity index (χ1v) is 9.21. The fourth-order valence-electron chi connectivity index (χ4n) is 3.03. The Kier molecular flexibility index (Phi) is 6.31. The molecule has 0 aliphatic rings. The van der Waals surface area contributed by atoms with Crippen molar-refractivity contribution in [1.29, 1.82) is 0 Å². The fourth-order valence-corrected chi connectivity index (χ4v) is 3.31. The Balaban J connectivity index is 1.48. The molecule has 1 aromatic heterocycles. The molecule has 5 heteroatoms. The van der Waals surface area contributed by atoms with E-state index >= 15 is 0 Å². The van der Waals surface area contributed by atoms with Gasteiger partial charge in [-0.25, -0.2) is 0 Å². The number of nitrogens with zero attached hydrogens (tertiary/aromatic N) is 1. The number of nitrogens with one attached hydrogen (secondary N) is 1. The van der Waals surface area contributed by atoms with E-state index in [4.69, 9.17) is 16.3 Å². The standard InChI is InChI=1S/C21H23ClN2O2/c1-16(25)19-15-24(21-18(19)9-5-10-20(21)22)13-6-11-23-12-14-26-17-7-3-2-4-8-17/h2-5,7-10,15,23H,6,11-14H2,1H3. The predicted molar refractivity (Wildman–Crippen MR) is 106 cm³/mol. The number of rotatable bonds is 9. The van der Waals surface area contributed by atoms with E-state index in [-0.39, 0.29) is 5.78 Å². The monoisotopic (exact) mass is 370 g/mol. The third-order valence-electron chi connectivity index (χ3n) is 4.27. The molecule has 0 aliphatic carbocycles. The minimum absolute atomic E-state index is 0.0622. The number of aromatic nitrogens is 1. The molecule has 3 aromatic rings. The lowest BCUT2D eigenvalue weighted by Gasteiger charge is -2.09. The average Bonchev–Trinajstić information content (AvgIpc) is 3.02. The molecule has 1 N–H and O–H groups in total. The van der Waals surface area contributed by atoms with Crippen molar-refractivity contribution in [2.45, 2.75) is 19.9 Å². The molecule has 0 radical (unpaired) electrons. The van der Waals surface area contributed by atoms with Gasteiger partial charge in [0.05, 0.1) is 10.5 Å². The van der Waals surface area contributed by atoms with E-state index < -0.39 is 0 Å². The second-order valence-corrected chi connectivity index (χ2v) is 6.60. The number of aryl methyl sites for hydroxylation is 1. The molecular formula is C21H23ClN2O2. The molecular weight excluding hydrogens is 348 g/mol. The molecule has 0 fully saturated rings. The minimum Gasteiger partial charge on any atom is -0.492 e. The summed E-state index contributed by atoms with van der Waals surface area (Å²) in [6.07, 6.45) is 2.86. The predicted octanol–water partition coefficient (Wildman–Crippen LogP) is 4.56. The number of carbonyl (C=O) groups excluding carboxylic acids is 1. The molecule has 3 rings (SSSR count). The number of hydrogen-bond donors (Lipinski definition) is 1. The van der Waals surface area contributed by atoms with Gasteiger partial charge in [0.15, 0.2) is 5.78 Å². The van der Waals surface area contributed by atoms with Crippen molar-refractivity contribution < 1.29 is 9.53 Å². The molecule has 0 atom stereocenters. The zero-order valence-corrected chi connectivity index (χ0v) is 15.6. The van der Waals surface area contributed by atoms with E-state index in [0.717, 1.165) is 48.3 Å². The molecule has 0 spiro atoms. The summed E-state index contributed by atoms with van der Waals surface area (Å²) in [5.41, 5.74) is 1.67. The van der Waals surface area contributed by atoms with Crippen molar-refractivity contribution in [2.24, 2.45) is 0 Å². The van der Waals surface area contributed by atoms with Gasteiger partial charge >= 0.3 is 0 Å². The maximum Gasteiger partial charge on any atom is 0.161 e. The highest BCUT2D eigenvalue weighted by atomic mass is 35.5. The van der Waals surface area contributed by atoms with Crippen LogP contribution in [0.2, 0.25) is 5.02 Å². The smallest absolute Gasteiger partial charge is 0.161 e. The molecule has 0 saturated heterocycles. The number of para-hydroxylation sites is 2. The molecule has 26 heavy (non-hydrogen) atoms. The van der Waals surface area contributed by atoms with Crippen LogP contribution in [0, 0.1) is 0 Å². The van der Waals surface area contributed by atoms with E-state index in [9.17, 15) is 4.79 Å². The summed E-state index contributed by atoms with van der Waals surface area (Å²) in [5.74, 6) is 0.951. The first kappa shape index (κ1) is 18.5. The Morgan fingerprint density at radius 1 is 1.12 bits per heavy atom. The zero-order chi connectivity index (χ0) is 18.4. The maximum absolute atomic E-state index is 11.9. The van der Waals surface area contributed by atoms with Crippen LogP contribution in [-0.4, -0.2) is 30.0 Å². The first-order valence-electron chi connectivity index (χ1n) is 8.83. The van der Waals surface area contributed by atoms with Crippen LogP contribution in [0.4, 0.5) is 0 Å². The van der Waals surface area contributed by atoms with Gasteiger partial charge in [-0.05, 0) is 38.1 Å². The maximum atomic E-state index is 11.9. The summed E-state index contributed by atoms with van der Waals surface area (Å²) in [5, 5.41) is 4.98. The highest BCUT2D eigenvalue weighted by Crippen LogP contribution is 2.28. The Hall–Kier alpha value is -2.30. The van der Waals surface area contributed by atoms with Crippen molar-refractivity contribution >= 4 is 28.3 Å². The Labute approximate surface area is 158 Å². The second-order valence-electron chi connectivity index (χ2n) is 6.19. The normalized spacial score (nSPS) is 11.0. The van der Waals surface area contributed by atoms with Crippen molar-refractivity contribution in [2.75, 3.05) is 19.7 Å². The summed E-state index contributed by atoms with van der Waals surface area (Å²) < 4.78 is 7.73. The van der Waals surface area contributed by atoms with Crippen LogP contribution < -0.4 is 10.1 Å². The van der Waals surface area contributed by atoms with Crippen molar-refractivity contribution in [3.05, 3.63) is 65.3 Å². The first-order chi connectivity index (χ1) is 12.7. The van der Waals surface area contributed by atoms with Gasteiger partial charge in [0.1, 0.15) is 12.4 Å². The summed E-state index contributed by atoms with van der Waals surface area (Å²) >= 11 is 6.36. The molecule has 0 bridgehead atoms. The second kappa shape index (κ2) is 8.88. The van der Waals surface area contributed by atoms with Gasteiger partial charge < -0.3 is 14.6 Å². The van der Waals surface area contributed by atoms with Gasteiger partial charge in [-0.3, -0.25) is 4.79 Å². The molecule has 136 valence electrons. The van der Waals surface area contributed by atoms with E-state index in [1.165, 1.54) is 0 Å². The lowest BCUT2D eigenvalue weighted by atomic mass is 10.1. The van der Waals surface area contributed by atoms with Gasteiger partial charge in [0, 0.05) is 30.2 Å². The van der Waals surface area contributed by atoms with Crippen molar-refractivity contribution in [1.82, 2.24) is 9.88 Å². The molecule has 1 heterocycles. The molecule has 0 aliphatic heterocycles. The molecule has 2 aromatic carbocycles. The van der Waals surface area contributed by atoms with E-state index in [1.54, 1.807) is 6.92 Å². The molecule has 4 nitrogen and oxygen atoms in total. The average molecular weight is 371 g/mol. The third-order valence-corrected chi connectivity index (χ3v) is 4.58. The Bertz CT molecular complexity index is 874. The summed E-state index contributed by atoms with van der Waals surface area (Å²) in [6.45, 7) is 4.70. The van der Waals surface area contributed by atoms with E-state index in [1.807, 2.05) is 54.7 Å². The number of carbonyl (C=O) groups is 1. The van der Waals surface area contributed by atoms with Crippen LogP contribution in [-0.2, 0) is 6.54 Å². The van der Waals surface area contributed by atoms with Gasteiger partial charge in [-0.2, -0.15) is 0 Å². The highest BCUT2D eigenvalue weighted by molar-refractivity contribution is 6.35. The Morgan fingerprint density at radius 2 is 1.92 bits per heavy atom. The number of ether oxygens (including phenoxy) is 1. The quantitative estimate of drug-likeness (QED) is 0.443. The Morgan fingerprint density at radius 3 is 2.69 bits per heavy atom. The number of benzene rings is 2. The summed E-state index contributed by atoms with van der Waals surface area (Å²) in [4.78, 5) is 11.9. The molecule has 0 unspecified atom stereocenters. The lowest BCUT2D eigenvalue weighted by molar-refractivity contribution is 0.101. The molecule has 0 saturated carbocycles. The van der Waals surface area contributed by atoms with Gasteiger partial charge in [0.2, 0.25) is 0 Å². The fraction of sp³-hybridized carbons (Fsp3) is 0.286. The van der Waals surface area contributed by atoms with Crippen molar-refractivity contribution in [3.8, 4) is 5.75 Å². The highest BCUT2D eigenvalue weighted by Gasteiger charge is 2.13. The largest absolute Gasteiger partial charge is 0.492 e. The van der Waals surface area contributed by atoms with Crippen LogP contribution in [0.3, 0.4) is 0 Å². The third kappa shape index (κ3) is 4.45. The van der Waals surface area contributed by atoms with E-state index in [0.29, 0.717) is 11.6 Å². The SMILES string of the molecule is CC(=O)c1cn(CCCNCCOc2ccccc2)c2c(Cl)cccc12. The van der Waals surface area contributed by atoms with Crippen LogP contribution in [0.5, 0.6) is 5.75 Å². The van der Waals surface area contributed by atoms with Gasteiger partial charge in [0.25, 0.3) is 0 Å². The topological polar surface area (TPSA) is 43.3 Å². The van der Waals surface area contributed by atoms with Gasteiger partial charge in [-0.1, -0.05) is 41.9 Å². The lowest BCUT2D eigenvalue weighted by Crippen LogP contribution is -2.23. The summed E-state index contributed by atoms with van der Waals surface area (Å²) in [6, 6.07) is 15.5. The number of halogens is 1. The van der Waals surface area contributed by atoms with Gasteiger partial charge in [-0.15, -0.1) is 0 Å².